The molecule has 2 aromatic rings. The van der Waals surface area contributed by atoms with Crippen LogP contribution in [-0.2, 0) is 5.41 Å². The lowest BCUT2D eigenvalue weighted by Gasteiger charge is -2.17. The second-order valence-corrected chi connectivity index (χ2v) is 7.96. The smallest absolute Gasteiger partial charge is 0.0982 e. The third kappa shape index (κ3) is 4.19. The molecule has 0 saturated heterocycles. The lowest BCUT2D eigenvalue weighted by Crippen LogP contribution is -2.17. The van der Waals surface area contributed by atoms with Gasteiger partial charge in [-0.3, -0.25) is 0 Å². The van der Waals surface area contributed by atoms with E-state index in [1.807, 2.05) is 23.6 Å². The Kier molecular flexibility index (Phi) is 5.30. The van der Waals surface area contributed by atoms with Crippen molar-refractivity contribution >= 4 is 44.6 Å². The van der Waals surface area contributed by atoms with E-state index in [0.29, 0.717) is 5.02 Å². The van der Waals surface area contributed by atoms with Gasteiger partial charge < -0.3 is 10.4 Å². The summed E-state index contributed by atoms with van der Waals surface area (Å²) in [5.41, 5.74) is 1.76. The first-order chi connectivity index (χ1) is 9.81. The average Bonchev–Trinajstić information content (AvgIpc) is 2.89. The van der Waals surface area contributed by atoms with Gasteiger partial charge in [-0.25, -0.2) is 4.98 Å². The molecule has 21 heavy (non-hydrogen) atoms. The molecule has 2 N–H and O–H groups in total. The molecule has 1 aromatic carbocycles. The van der Waals surface area contributed by atoms with Crippen LogP contribution in [0.15, 0.2) is 28.1 Å². The molecule has 1 atom stereocenters. The summed E-state index contributed by atoms with van der Waals surface area (Å²) in [7, 11) is 0. The van der Waals surface area contributed by atoms with Gasteiger partial charge in [0, 0.05) is 21.0 Å². The van der Waals surface area contributed by atoms with Crippen LogP contribution in [0, 0.1) is 0 Å². The van der Waals surface area contributed by atoms with Crippen LogP contribution >= 0.6 is 38.9 Å². The van der Waals surface area contributed by atoms with E-state index in [0.717, 1.165) is 20.9 Å². The summed E-state index contributed by atoms with van der Waals surface area (Å²) in [6.45, 7) is 6.38. The van der Waals surface area contributed by atoms with Crippen molar-refractivity contribution in [1.82, 2.24) is 4.98 Å². The van der Waals surface area contributed by atoms with Gasteiger partial charge in [0.2, 0.25) is 0 Å². The maximum atomic E-state index is 9.64. The summed E-state index contributed by atoms with van der Waals surface area (Å²) in [4.78, 5) is 4.65. The predicted molar refractivity (Wildman–Crippen MR) is 93.4 cm³/mol. The fourth-order valence-electron chi connectivity index (χ4n) is 1.79. The number of nitrogens with zero attached hydrogens (tertiary/aromatic N) is 1. The quantitative estimate of drug-likeness (QED) is 0.773. The Morgan fingerprint density at radius 2 is 2.14 bits per heavy atom. The lowest BCUT2D eigenvalue weighted by atomic mass is 9.98. The molecular formula is C15H18BrClN2OS. The minimum Gasteiger partial charge on any atom is -0.394 e. The second-order valence-electron chi connectivity index (χ2n) is 5.84. The molecule has 0 aliphatic carbocycles. The van der Waals surface area contributed by atoms with E-state index in [1.54, 1.807) is 11.3 Å². The van der Waals surface area contributed by atoms with Crippen LogP contribution in [0.4, 0.5) is 5.69 Å². The zero-order chi connectivity index (χ0) is 15.6. The molecule has 0 radical (unpaired) electrons. The van der Waals surface area contributed by atoms with Crippen LogP contribution in [0.3, 0.4) is 0 Å². The number of benzene rings is 1. The Labute approximate surface area is 142 Å². The number of thiazole rings is 1. The molecule has 6 heteroatoms. The van der Waals surface area contributed by atoms with Gasteiger partial charge in [-0.1, -0.05) is 32.4 Å². The van der Waals surface area contributed by atoms with Gasteiger partial charge in [0.15, 0.2) is 0 Å². The number of hydrogen-bond acceptors (Lipinski definition) is 4. The van der Waals surface area contributed by atoms with E-state index in [2.05, 4.69) is 47.0 Å². The van der Waals surface area contributed by atoms with Gasteiger partial charge in [-0.05, 0) is 34.1 Å². The molecule has 2 rings (SSSR count). The Hall–Kier alpha value is -0.620. The molecule has 1 heterocycles. The molecule has 0 saturated carbocycles. The summed E-state index contributed by atoms with van der Waals surface area (Å²) in [6.07, 6.45) is 0. The van der Waals surface area contributed by atoms with Crippen molar-refractivity contribution in [3.63, 3.8) is 0 Å². The number of halogens is 2. The average molecular weight is 390 g/mol. The fraction of sp³-hybridized carbons (Fsp3) is 0.400. The zero-order valence-electron chi connectivity index (χ0n) is 12.2. The Bertz CT molecular complexity index is 624. The number of aromatic nitrogens is 1. The molecule has 0 aliphatic heterocycles. The highest BCUT2D eigenvalue weighted by molar-refractivity contribution is 9.10. The SMILES string of the molecule is CC(C)(C)c1nc(C(CO)Nc2ccc(Cl)c(Br)c2)cs1. The first-order valence-corrected chi connectivity index (χ1v) is 8.64. The normalized spacial score (nSPS) is 13.2. The Balaban J connectivity index is 2.19. The molecule has 0 amide bonds. The van der Waals surface area contributed by atoms with Crippen LogP contribution in [0.2, 0.25) is 5.02 Å². The first kappa shape index (κ1) is 16.7. The molecular weight excluding hydrogens is 372 g/mol. The van der Waals surface area contributed by atoms with Crippen molar-refractivity contribution < 1.29 is 5.11 Å². The number of rotatable bonds is 4. The Morgan fingerprint density at radius 1 is 1.43 bits per heavy atom. The summed E-state index contributed by atoms with van der Waals surface area (Å²) >= 11 is 11.0. The van der Waals surface area contributed by atoms with Crippen LogP contribution in [-0.4, -0.2) is 16.7 Å². The van der Waals surface area contributed by atoms with Crippen molar-refractivity contribution in [3.05, 3.63) is 43.8 Å². The highest BCUT2D eigenvalue weighted by atomic mass is 79.9. The minimum atomic E-state index is -0.231. The van der Waals surface area contributed by atoms with Crippen molar-refractivity contribution in [2.75, 3.05) is 11.9 Å². The fourth-order valence-corrected chi connectivity index (χ4v) is 3.25. The molecule has 114 valence electrons. The van der Waals surface area contributed by atoms with Gasteiger partial charge in [0.25, 0.3) is 0 Å². The summed E-state index contributed by atoms with van der Waals surface area (Å²) in [6, 6.07) is 5.35. The van der Waals surface area contributed by atoms with Crippen molar-refractivity contribution in [2.24, 2.45) is 0 Å². The summed E-state index contributed by atoms with van der Waals surface area (Å²) in [5, 5.41) is 16.6. The van der Waals surface area contributed by atoms with E-state index in [1.165, 1.54) is 0 Å². The van der Waals surface area contributed by atoms with Gasteiger partial charge in [0.1, 0.15) is 0 Å². The van der Waals surface area contributed by atoms with Crippen molar-refractivity contribution in [1.29, 1.82) is 0 Å². The van der Waals surface area contributed by atoms with Crippen LogP contribution < -0.4 is 5.32 Å². The molecule has 1 aromatic heterocycles. The first-order valence-electron chi connectivity index (χ1n) is 6.59. The monoisotopic (exact) mass is 388 g/mol. The highest BCUT2D eigenvalue weighted by Crippen LogP contribution is 2.30. The molecule has 3 nitrogen and oxygen atoms in total. The number of aliphatic hydroxyl groups is 1. The summed E-state index contributed by atoms with van der Waals surface area (Å²) < 4.78 is 0.819. The van der Waals surface area contributed by atoms with Gasteiger partial charge in [0.05, 0.1) is 28.4 Å². The van der Waals surface area contributed by atoms with Crippen LogP contribution in [0.25, 0.3) is 0 Å². The maximum absolute atomic E-state index is 9.64. The summed E-state index contributed by atoms with van der Waals surface area (Å²) in [5.74, 6) is 0. The zero-order valence-corrected chi connectivity index (χ0v) is 15.3. The van der Waals surface area contributed by atoms with Crippen LogP contribution in [0.5, 0.6) is 0 Å². The molecule has 0 fully saturated rings. The standard InChI is InChI=1S/C15H18BrClN2OS/c1-15(2,3)14-19-13(8-21-14)12(7-20)18-9-4-5-11(17)10(16)6-9/h4-6,8,12,18,20H,7H2,1-3H3. The van der Waals surface area contributed by atoms with E-state index < -0.39 is 0 Å². The highest BCUT2D eigenvalue weighted by Gasteiger charge is 2.21. The van der Waals surface area contributed by atoms with E-state index >= 15 is 0 Å². The number of nitrogens with one attached hydrogen (secondary N) is 1. The number of hydrogen-bond donors (Lipinski definition) is 2. The van der Waals surface area contributed by atoms with Gasteiger partial charge >= 0.3 is 0 Å². The van der Waals surface area contributed by atoms with Crippen molar-refractivity contribution in [3.8, 4) is 0 Å². The minimum absolute atomic E-state index is 0.0201. The molecule has 0 bridgehead atoms. The van der Waals surface area contributed by atoms with Gasteiger partial charge in [-0.2, -0.15) is 0 Å². The topological polar surface area (TPSA) is 45.2 Å². The third-order valence-electron chi connectivity index (χ3n) is 2.96. The van der Waals surface area contributed by atoms with Crippen LogP contribution in [0.1, 0.15) is 37.5 Å². The molecule has 0 aliphatic rings. The molecule has 0 spiro atoms. The lowest BCUT2D eigenvalue weighted by molar-refractivity contribution is 0.274. The second kappa shape index (κ2) is 6.65. The van der Waals surface area contributed by atoms with Gasteiger partial charge in [-0.15, -0.1) is 11.3 Å². The van der Waals surface area contributed by atoms with Crippen molar-refractivity contribution in [2.45, 2.75) is 32.2 Å². The third-order valence-corrected chi connectivity index (χ3v) is 5.46. The Morgan fingerprint density at radius 3 is 2.67 bits per heavy atom. The predicted octanol–water partition coefficient (Wildman–Crippen LogP) is 5.00. The maximum Gasteiger partial charge on any atom is 0.0982 e. The number of aliphatic hydroxyl groups excluding tert-OH is 1. The van der Waals surface area contributed by atoms with E-state index in [-0.39, 0.29) is 18.1 Å². The largest absolute Gasteiger partial charge is 0.394 e. The number of anilines is 1. The van der Waals surface area contributed by atoms with E-state index in [4.69, 9.17) is 11.6 Å². The molecule has 1 unspecified atom stereocenters. The van der Waals surface area contributed by atoms with E-state index in [9.17, 15) is 5.11 Å².